The van der Waals surface area contributed by atoms with Crippen molar-refractivity contribution in [1.29, 1.82) is 0 Å². The third-order valence-electron chi connectivity index (χ3n) is 6.26. The maximum atomic E-state index is 11.6. The summed E-state index contributed by atoms with van der Waals surface area (Å²) in [5.41, 5.74) is 1.52. The molecule has 4 rings (SSSR count). The zero-order valence-electron chi connectivity index (χ0n) is 12.5. The van der Waals surface area contributed by atoms with E-state index < -0.39 is 0 Å². The van der Waals surface area contributed by atoms with Crippen LogP contribution in [0.3, 0.4) is 0 Å². The minimum absolute atomic E-state index is 0. The second kappa shape index (κ2) is 6.47. The van der Waals surface area contributed by atoms with Crippen LogP contribution in [-0.2, 0) is 25.9 Å². The molecule has 0 bridgehead atoms. The Balaban J connectivity index is 0.000000735. The van der Waals surface area contributed by atoms with Crippen molar-refractivity contribution in [3.05, 3.63) is 25.5 Å². The SMILES string of the molecule is O=C1C=C2CCC3C4CC[CH-]C4CCC3C2CC1.[CH3-].[W+2]. The molecule has 4 aliphatic rings. The van der Waals surface area contributed by atoms with Gasteiger partial charge in [-0.2, -0.15) is 12.3 Å². The van der Waals surface area contributed by atoms with Gasteiger partial charge in [-0.15, -0.1) is 0 Å². The molecule has 20 heavy (non-hydrogen) atoms. The van der Waals surface area contributed by atoms with Crippen LogP contribution in [0.4, 0.5) is 0 Å². The number of hydrogen-bond donors (Lipinski definition) is 0. The van der Waals surface area contributed by atoms with Crippen LogP contribution in [0.25, 0.3) is 0 Å². The van der Waals surface area contributed by atoms with Crippen LogP contribution >= 0.6 is 0 Å². The molecule has 0 aromatic heterocycles. The minimum Gasteiger partial charge on any atom is -0.358 e. The van der Waals surface area contributed by atoms with Crippen molar-refractivity contribution in [2.75, 3.05) is 0 Å². The van der Waals surface area contributed by atoms with Crippen molar-refractivity contribution in [1.82, 2.24) is 0 Å². The summed E-state index contributed by atoms with van der Waals surface area (Å²) in [5, 5.41) is 0. The summed E-state index contributed by atoms with van der Waals surface area (Å²) in [4.78, 5) is 11.6. The van der Waals surface area contributed by atoms with Crippen LogP contribution in [0, 0.1) is 43.4 Å². The van der Waals surface area contributed by atoms with Crippen molar-refractivity contribution in [3.8, 4) is 0 Å². The third-order valence-corrected chi connectivity index (χ3v) is 6.26. The Labute approximate surface area is 138 Å². The zero-order valence-corrected chi connectivity index (χ0v) is 15.4. The van der Waals surface area contributed by atoms with Crippen LogP contribution < -0.4 is 0 Å². The molecular weight excluding hydrogens is 416 g/mol. The topological polar surface area (TPSA) is 17.1 Å². The second-order valence-corrected chi connectivity index (χ2v) is 6.92. The van der Waals surface area contributed by atoms with Gasteiger partial charge in [-0.25, -0.2) is 0 Å². The van der Waals surface area contributed by atoms with Gasteiger partial charge < -0.3 is 13.8 Å². The van der Waals surface area contributed by atoms with Crippen LogP contribution in [0.1, 0.15) is 51.4 Å². The number of allylic oxidation sites excluding steroid dienone is 1. The van der Waals surface area contributed by atoms with Crippen molar-refractivity contribution in [2.45, 2.75) is 51.4 Å². The molecule has 0 aliphatic heterocycles. The predicted octanol–water partition coefficient (Wildman–Crippen LogP) is 4.39. The molecule has 110 valence electrons. The van der Waals surface area contributed by atoms with Crippen LogP contribution in [0.2, 0.25) is 0 Å². The molecule has 0 heterocycles. The Bertz CT molecular complexity index is 400. The molecule has 0 radical (unpaired) electrons. The summed E-state index contributed by atoms with van der Waals surface area (Å²) in [6.07, 6.45) is 14.9. The van der Waals surface area contributed by atoms with E-state index in [4.69, 9.17) is 0 Å². The van der Waals surface area contributed by atoms with Crippen LogP contribution in [-0.4, -0.2) is 5.78 Å². The molecule has 0 spiro atoms. The van der Waals surface area contributed by atoms with Crippen molar-refractivity contribution in [2.24, 2.45) is 29.6 Å². The summed E-state index contributed by atoms with van der Waals surface area (Å²) in [7, 11) is 0. The molecule has 0 saturated heterocycles. The Hall–Kier alpha value is 0.0983. The number of carbonyl (C=O) groups excluding carboxylic acids is 1. The monoisotopic (exact) mass is 442 g/mol. The smallest absolute Gasteiger partial charge is 0.358 e. The number of hydrogen-bond acceptors (Lipinski definition) is 1. The van der Waals surface area contributed by atoms with Gasteiger partial charge in [-0.3, -0.25) is 4.79 Å². The summed E-state index contributed by atoms with van der Waals surface area (Å²) in [6, 6.07) is 0. The first-order valence-electron chi connectivity index (χ1n) is 7.89. The molecule has 3 saturated carbocycles. The molecular formula is C18H26OW. The predicted molar refractivity (Wildman–Crippen MR) is 78.2 cm³/mol. The van der Waals surface area contributed by atoms with E-state index in [2.05, 4.69) is 6.42 Å². The first-order valence-corrected chi connectivity index (χ1v) is 7.89. The molecule has 0 aromatic rings. The molecule has 5 unspecified atom stereocenters. The van der Waals surface area contributed by atoms with E-state index in [9.17, 15) is 4.79 Å². The Morgan fingerprint density at radius 2 is 1.80 bits per heavy atom. The van der Waals surface area contributed by atoms with Crippen molar-refractivity contribution in [3.63, 3.8) is 0 Å². The average molecular weight is 442 g/mol. The number of ketones is 1. The summed E-state index contributed by atoms with van der Waals surface area (Å²) in [5.74, 6) is 5.03. The summed E-state index contributed by atoms with van der Waals surface area (Å²) < 4.78 is 0. The van der Waals surface area contributed by atoms with Gasteiger partial charge >= 0.3 is 21.1 Å². The molecule has 1 nitrogen and oxygen atoms in total. The Morgan fingerprint density at radius 1 is 0.950 bits per heavy atom. The quantitative estimate of drug-likeness (QED) is 0.509. The van der Waals surface area contributed by atoms with E-state index >= 15 is 0 Å². The molecule has 4 aliphatic carbocycles. The summed E-state index contributed by atoms with van der Waals surface area (Å²) >= 11 is 0. The third kappa shape index (κ3) is 2.60. The van der Waals surface area contributed by atoms with E-state index in [0.717, 1.165) is 42.4 Å². The normalized spacial score (nSPS) is 42.3. The maximum Gasteiger partial charge on any atom is 2.00 e. The number of rotatable bonds is 0. The van der Waals surface area contributed by atoms with E-state index in [1.165, 1.54) is 44.1 Å². The van der Waals surface area contributed by atoms with Gasteiger partial charge in [0.25, 0.3) is 0 Å². The van der Waals surface area contributed by atoms with Gasteiger partial charge in [0.15, 0.2) is 5.78 Å². The fourth-order valence-electron chi connectivity index (χ4n) is 5.55. The molecule has 0 N–H and O–H groups in total. The first-order chi connectivity index (χ1) is 8.83. The Morgan fingerprint density at radius 3 is 2.65 bits per heavy atom. The largest absolute Gasteiger partial charge is 2.00 e. The van der Waals surface area contributed by atoms with Crippen molar-refractivity contribution < 1.29 is 25.9 Å². The Kier molecular flexibility index (Phi) is 5.33. The zero-order chi connectivity index (χ0) is 12.1. The van der Waals surface area contributed by atoms with Gasteiger partial charge in [0.1, 0.15) is 0 Å². The fourth-order valence-corrected chi connectivity index (χ4v) is 5.55. The maximum absolute atomic E-state index is 11.6. The van der Waals surface area contributed by atoms with E-state index in [1.807, 2.05) is 6.08 Å². The molecule has 3 fully saturated rings. The number of fused-ring (bicyclic) bond motifs is 5. The molecule has 0 aromatic carbocycles. The van der Waals surface area contributed by atoms with Crippen LogP contribution in [0.15, 0.2) is 11.6 Å². The van der Waals surface area contributed by atoms with E-state index in [0.29, 0.717) is 5.78 Å². The van der Waals surface area contributed by atoms with Gasteiger partial charge in [0, 0.05) is 6.42 Å². The van der Waals surface area contributed by atoms with E-state index in [-0.39, 0.29) is 28.5 Å². The first kappa shape index (κ1) is 16.5. The van der Waals surface area contributed by atoms with Crippen LogP contribution in [0.5, 0.6) is 0 Å². The standard InChI is InChI=1S/C17H23O.CH3.W/c18-13-6-9-15-12(10-13)5-8-16-14-3-1-2-11(14)4-7-17(15)16;;/h2,10-11,14-17H,1,3-9H2;1H3;/q2*-1;+2. The van der Waals surface area contributed by atoms with Gasteiger partial charge in [0.05, 0.1) is 0 Å². The second-order valence-electron chi connectivity index (χ2n) is 6.92. The van der Waals surface area contributed by atoms with Gasteiger partial charge in [-0.05, 0) is 43.1 Å². The molecule has 2 heteroatoms. The van der Waals surface area contributed by atoms with Crippen molar-refractivity contribution >= 4 is 5.78 Å². The minimum atomic E-state index is 0. The average Bonchev–Trinajstić information content (AvgIpc) is 2.86. The fraction of sp³-hybridized carbons (Fsp3) is 0.722. The van der Waals surface area contributed by atoms with Gasteiger partial charge in [0.2, 0.25) is 0 Å². The van der Waals surface area contributed by atoms with E-state index in [1.54, 1.807) is 0 Å². The molecule has 5 atom stereocenters. The molecule has 0 amide bonds. The van der Waals surface area contributed by atoms with Gasteiger partial charge in [-0.1, -0.05) is 30.8 Å². The summed E-state index contributed by atoms with van der Waals surface area (Å²) in [6.45, 7) is 0. The number of carbonyl (C=O) groups is 1.